The van der Waals surface area contributed by atoms with Crippen LogP contribution in [0.4, 0.5) is 21.0 Å². The average Bonchev–Trinajstić information content (AvgIpc) is 2.57. The van der Waals surface area contributed by atoms with Crippen molar-refractivity contribution in [2.75, 3.05) is 22.9 Å². The number of carbonyl (C=O) groups is 3. The summed E-state index contributed by atoms with van der Waals surface area (Å²) in [7, 11) is 0. The zero-order valence-corrected chi connectivity index (χ0v) is 17.2. The summed E-state index contributed by atoms with van der Waals surface area (Å²) in [5, 5.41) is 5.68. The molecule has 0 aliphatic carbocycles. The lowest BCUT2D eigenvalue weighted by Gasteiger charge is -2.48. The van der Waals surface area contributed by atoms with Crippen molar-refractivity contribution >= 4 is 41.0 Å². The molecule has 1 aromatic rings. The predicted molar refractivity (Wildman–Crippen MR) is 107 cm³/mol. The molecule has 2 heterocycles. The number of amides is 4. The van der Waals surface area contributed by atoms with Gasteiger partial charge in [0.2, 0.25) is 5.91 Å². The van der Waals surface area contributed by atoms with Gasteiger partial charge in [-0.25, -0.2) is 9.59 Å². The summed E-state index contributed by atoms with van der Waals surface area (Å²) in [4.78, 5) is 38.8. The van der Waals surface area contributed by atoms with Crippen molar-refractivity contribution in [3.05, 3.63) is 23.2 Å². The molecule has 0 unspecified atom stereocenters. The fourth-order valence-electron chi connectivity index (χ4n) is 3.26. The molecule has 9 heteroatoms. The molecule has 0 spiro atoms. The van der Waals surface area contributed by atoms with Crippen LogP contribution in [0.5, 0.6) is 0 Å². The lowest BCUT2D eigenvalue weighted by atomic mass is 9.97. The summed E-state index contributed by atoms with van der Waals surface area (Å²) < 4.78 is 5.30. The Morgan fingerprint density at radius 1 is 1.32 bits per heavy atom. The number of alkyl carbamates (subject to hydrolysis) is 1. The van der Waals surface area contributed by atoms with Crippen LogP contribution >= 0.6 is 11.6 Å². The van der Waals surface area contributed by atoms with Crippen LogP contribution in [0.1, 0.15) is 34.1 Å². The van der Waals surface area contributed by atoms with Gasteiger partial charge in [0, 0.05) is 31.2 Å². The number of anilines is 2. The summed E-state index contributed by atoms with van der Waals surface area (Å²) in [5.41, 5.74) is 0.922. The molecule has 2 saturated heterocycles. The van der Waals surface area contributed by atoms with Crippen molar-refractivity contribution in [3.63, 3.8) is 0 Å². The fourth-order valence-corrected chi connectivity index (χ4v) is 3.54. The van der Waals surface area contributed by atoms with Gasteiger partial charge in [0.05, 0.1) is 16.8 Å². The second kappa shape index (κ2) is 7.50. The highest BCUT2D eigenvalue weighted by molar-refractivity contribution is 6.33. The highest BCUT2D eigenvalue weighted by Crippen LogP contribution is 2.36. The number of hydrogen-bond donors (Lipinski definition) is 2. The van der Waals surface area contributed by atoms with Crippen molar-refractivity contribution in [3.8, 4) is 0 Å². The maximum absolute atomic E-state index is 12.0. The molecular weight excluding hydrogens is 384 g/mol. The third-order valence-corrected chi connectivity index (χ3v) is 5.08. The van der Waals surface area contributed by atoms with E-state index in [1.807, 2.05) is 33.8 Å². The van der Waals surface area contributed by atoms with E-state index in [4.69, 9.17) is 16.3 Å². The van der Waals surface area contributed by atoms with Crippen LogP contribution in [0.15, 0.2) is 18.2 Å². The Morgan fingerprint density at radius 2 is 2.04 bits per heavy atom. The predicted octanol–water partition coefficient (Wildman–Crippen LogP) is 2.89. The zero-order valence-electron chi connectivity index (χ0n) is 16.4. The van der Waals surface area contributed by atoms with Gasteiger partial charge in [0.25, 0.3) is 0 Å². The van der Waals surface area contributed by atoms with Crippen LogP contribution in [0.2, 0.25) is 5.02 Å². The SMILES string of the molecule is C[C@@H]1[C@@H](NC(=O)OC(C)(C)C)CN1c1ccc(N2CCC(=O)NC2=O)cc1Cl. The first-order chi connectivity index (χ1) is 13.0. The number of carbonyl (C=O) groups excluding carboxylic acids is 3. The highest BCUT2D eigenvalue weighted by atomic mass is 35.5. The summed E-state index contributed by atoms with van der Waals surface area (Å²) in [5.74, 6) is -0.276. The summed E-state index contributed by atoms with van der Waals surface area (Å²) in [6.07, 6.45) is -0.178. The first-order valence-corrected chi connectivity index (χ1v) is 9.60. The Bertz CT molecular complexity index is 808. The largest absolute Gasteiger partial charge is 0.444 e. The van der Waals surface area contributed by atoms with E-state index in [1.165, 1.54) is 4.90 Å². The normalized spacial score (nSPS) is 22.5. The average molecular weight is 409 g/mol. The van der Waals surface area contributed by atoms with E-state index >= 15 is 0 Å². The van der Waals surface area contributed by atoms with Crippen LogP contribution in [0.3, 0.4) is 0 Å². The van der Waals surface area contributed by atoms with Gasteiger partial charge in [-0.2, -0.15) is 0 Å². The molecule has 28 heavy (non-hydrogen) atoms. The second-order valence-corrected chi connectivity index (χ2v) is 8.44. The Kier molecular flexibility index (Phi) is 5.43. The third kappa shape index (κ3) is 4.32. The minimum atomic E-state index is -0.540. The van der Waals surface area contributed by atoms with Gasteiger partial charge in [0.15, 0.2) is 0 Å². The van der Waals surface area contributed by atoms with Gasteiger partial charge in [-0.15, -0.1) is 0 Å². The van der Waals surface area contributed by atoms with Crippen LogP contribution in [0, 0.1) is 0 Å². The van der Waals surface area contributed by atoms with Crippen LogP contribution in [0.25, 0.3) is 0 Å². The number of imide groups is 1. The lowest BCUT2D eigenvalue weighted by molar-refractivity contribution is -0.120. The van der Waals surface area contributed by atoms with E-state index in [0.29, 0.717) is 23.8 Å². The maximum atomic E-state index is 12.0. The summed E-state index contributed by atoms with van der Waals surface area (Å²) in [6.45, 7) is 8.40. The number of urea groups is 1. The molecule has 152 valence electrons. The molecule has 8 nitrogen and oxygen atoms in total. The molecule has 2 fully saturated rings. The smallest absolute Gasteiger partial charge is 0.408 e. The lowest BCUT2D eigenvalue weighted by Crippen LogP contribution is -2.66. The monoisotopic (exact) mass is 408 g/mol. The third-order valence-electron chi connectivity index (χ3n) is 4.78. The second-order valence-electron chi connectivity index (χ2n) is 8.04. The molecule has 2 atom stereocenters. The molecule has 4 amide bonds. The number of benzene rings is 1. The summed E-state index contributed by atoms with van der Waals surface area (Å²) >= 11 is 6.46. The molecule has 1 aromatic carbocycles. The number of hydrogen-bond acceptors (Lipinski definition) is 5. The number of nitrogens with one attached hydrogen (secondary N) is 2. The molecular formula is C19H25ClN4O4. The minimum absolute atomic E-state index is 0.0375. The first-order valence-electron chi connectivity index (χ1n) is 9.22. The highest BCUT2D eigenvalue weighted by Gasteiger charge is 2.38. The van der Waals surface area contributed by atoms with Crippen molar-refractivity contribution in [2.24, 2.45) is 0 Å². The van der Waals surface area contributed by atoms with E-state index in [0.717, 1.165) is 5.69 Å². The first kappa shape index (κ1) is 20.3. The Labute approximate surface area is 169 Å². The van der Waals surface area contributed by atoms with Crippen molar-refractivity contribution in [2.45, 2.75) is 51.8 Å². The standard InChI is InChI=1S/C19H25ClN4O4/c1-11-14(21-18(27)28-19(2,3)4)10-24(11)15-6-5-12(9-13(15)20)23-8-7-16(25)22-17(23)26/h5-6,9,11,14H,7-8,10H2,1-4H3,(H,21,27)(H,22,25,26)/t11-,14+/m1/s1. The van der Waals surface area contributed by atoms with Crippen LogP contribution in [-0.4, -0.2) is 48.8 Å². The molecule has 0 saturated carbocycles. The van der Waals surface area contributed by atoms with Gasteiger partial charge in [0.1, 0.15) is 5.60 Å². The molecule has 3 rings (SSSR count). The molecule has 2 aliphatic heterocycles. The number of ether oxygens (including phenoxy) is 1. The Morgan fingerprint density at radius 3 is 2.61 bits per heavy atom. The van der Waals surface area contributed by atoms with Gasteiger partial charge >= 0.3 is 12.1 Å². The molecule has 0 bridgehead atoms. The van der Waals surface area contributed by atoms with E-state index < -0.39 is 17.7 Å². The molecule has 2 N–H and O–H groups in total. The molecule has 2 aliphatic rings. The maximum Gasteiger partial charge on any atom is 0.408 e. The van der Waals surface area contributed by atoms with Crippen LogP contribution < -0.4 is 20.4 Å². The molecule has 0 aromatic heterocycles. The van der Waals surface area contributed by atoms with Crippen molar-refractivity contribution < 1.29 is 19.1 Å². The van der Waals surface area contributed by atoms with E-state index in [9.17, 15) is 14.4 Å². The number of nitrogens with zero attached hydrogens (tertiary/aromatic N) is 2. The van der Waals surface area contributed by atoms with Crippen molar-refractivity contribution in [1.29, 1.82) is 0 Å². The van der Waals surface area contributed by atoms with E-state index in [-0.39, 0.29) is 24.4 Å². The quantitative estimate of drug-likeness (QED) is 0.802. The van der Waals surface area contributed by atoms with Gasteiger partial charge in [-0.3, -0.25) is 15.0 Å². The van der Waals surface area contributed by atoms with Crippen molar-refractivity contribution in [1.82, 2.24) is 10.6 Å². The van der Waals surface area contributed by atoms with Gasteiger partial charge in [-0.1, -0.05) is 11.6 Å². The Balaban J connectivity index is 1.63. The fraction of sp³-hybridized carbons (Fsp3) is 0.526. The van der Waals surface area contributed by atoms with Gasteiger partial charge < -0.3 is 15.0 Å². The summed E-state index contributed by atoms with van der Waals surface area (Å²) in [6, 6.07) is 4.93. The topological polar surface area (TPSA) is 91.0 Å². The number of halogens is 1. The Hall–Kier alpha value is -2.48. The molecule has 0 radical (unpaired) electrons. The zero-order chi connectivity index (χ0) is 20.6. The minimum Gasteiger partial charge on any atom is -0.444 e. The van der Waals surface area contributed by atoms with E-state index in [1.54, 1.807) is 12.1 Å². The van der Waals surface area contributed by atoms with Gasteiger partial charge in [-0.05, 0) is 45.9 Å². The number of rotatable bonds is 3. The van der Waals surface area contributed by atoms with E-state index in [2.05, 4.69) is 15.5 Å². The van der Waals surface area contributed by atoms with Crippen LogP contribution in [-0.2, 0) is 9.53 Å².